The number of anilines is 2. The number of halogens is 2. The highest BCUT2D eigenvalue weighted by Gasteiger charge is 2.26. The maximum Gasteiger partial charge on any atom is 0.387 e. The summed E-state index contributed by atoms with van der Waals surface area (Å²) in [5, 5.41) is 6.21. The van der Waals surface area contributed by atoms with Gasteiger partial charge in [0.15, 0.2) is 5.11 Å². The number of aryl methyl sites for hydroxylation is 1. The highest BCUT2D eigenvalue weighted by Crippen LogP contribution is 2.34. The largest absolute Gasteiger partial charge is 0.465 e. The van der Waals surface area contributed by atoms with E-state index in [-0.39, 0.29) is 21.3 Å². The monoisotopic (exact) mass is 444 g/mol. The van der Waals surface area contributed by atoms with Gasteiger partial charge in [-0.2, -0.15) is 8.78 Å². The number of thiocarbonyl (C=S) groups is 1. The van der Waals surface area contributed by atoms with Crippen molar-refractivity contribution < 1.29 is 32.6 Å². The van der Waals surface area contributed by atoms with E-state index in [2.05, 4.69) is 15.4 Å². The Bertz CT molecular complexity index is 947. The number of benzene rings is 1. The van der Waals surface area contributed by atoms with Crippen LogP contribution in [0.1, 0.15) is 31.2 Å². The molecule has 2 aromatic rings. The Morgan fingerprint density at radius 1 is 1.10 bits per heavy atom. The van der Waals surface area contributed by atoms with Crippen molar-refractivity contribution in [1.82, 2.24) is 0 Å². The van der Waals surface area contributed by atoms with E-state index >= 15 is 0 Å². The van der Waals surface area contributed by atoms with Crippen LogP contribution in [0.4, 0.5) is 19.5 Å². The number of nitrogens with one attached hydrogen (secondary N) is 2. The Morgan fingerprint density at radius 3 is 2.31 bits per heavy atom. The molecule has 11 heteroatoms. The van der Waals surface area contributed by atoms with Crippen molar-refractivity contribution in [3.8, 4) is 5.75 Å². The summed E-state index contributed by atoms with van der Waals surface area (Å²) in [5.74, 6) is -1.20. The fourth-order valence-corrected chi connectivity index (χ4v) is 3.84. The summed E-state index contributed by atoms with van der Waals surface area (Å²) in [5.41, 5.74) is 1.73. The van der Waals surface area contributed by atoms with Crippen LogP contribution in [0.2, 0.25) is 0 Å². The lowest BCUT2D eigenvalue weighted by atomic mass is 10.1. The molecule has 0 saturated heterocycles. The van der Waals surface area contributed by atoms with Crippen LogP contribution in [0.5, 0.6) is 5.75 Å². The van der Waals surface area contributed by atoms with Gasteiger partial charge in [-0.15, -0.1) is 11.3 Å². The minimum absolute atomic E-state index is 0.0199. The normalized spacial score (nSPS) is 10.4. The molecule has 0 bridgehead atoms. The van der Waals surface area contributed by atoms with Gasteiger partial charge in [-0.1, -0.05) is 0 Å². The summed E-state index contributed by atoms with van der Waals surface area (Å²) < 4.78 is 38.5. The molecule has 0 unspecified atom stereocenters. The number of methoxy groups -OCH3 is 2. The van der Waals surface area contributed by atoms with E-state index in [1.54, 1.807) is 13.8 Å². The van der Waals surface area contributed by atoms with Gasteiger partial charge in [-0.3, -0.25) is 0 Å². The molecule has 1 aromatic carbocycles. The van der Waals surface area contributed by atoms with Crippen LogP contribution in [-0.4, -0.2) is 37.9 Å². The summed E-state index contributed by atoms with van der Waals surface area (Å²) in [6.45, 7) is 0.370. The first-order valence-electron chi connectivity index (χ1n) is 8.11. The number of esters is 2. The Labute approximate surface area is 175 Å². The molecule has 7 nitrogen and oxygen atoms in total. The quantitative estimate of drug-likeness (QED) is 0.503. The first-order valence-corrected chi connectivity index (χ1v) is 9.33. The zero-order chi connectivity index (χ0) is 21.7. The van der Waals surface area contributed by atoms with Gasteiger partial charge in [-0.05, 0) is 55.4 Å². The predicted molar refractivity (Wildman–Crippen MR) is 109 cm³/mol. The minimum atomic E-state index is -2.92. The highest BCUT2D eigenvalue weighted by molar-refractivity contribution is 7.80. The van der Waals surface area contributed by atoms with Crippen LogP contribution in [0.15, 0.2) is 18.2 Å². The van der Waals surface area contributed by atoms with Gasteiger partial charge < -0.3 is 24.8 Å². The summed E-state index contributed by atoms with van der Waals surface area (Å²) in [6, 6.07) is 4.33. The average molecular weight is 444 g/mol. The molecule has 0 aliphatic rings. The van der Waals surface area contributed by atoms with E-state index in [0.717, 1.165) is 11.3 Å². The fraction of sp³-hybridized carbons (Fsp3) is 0.278. The summed E-state index contributed by atoms with van der Waals surface area (Å²) in [7, 11) is 2.47. The number of carbonyl (C=O) groups excluding carboxylic acids is 2. The highest BCUT2D eigenvalue weighted by atomic mass is 32.1. The van der Waals surface area contributed by atoms with E-state index in [1.807, 2.05) is 0 Å². The standard InChI is InChI=1S/C18H18F2N2O5S2/c1-8-7-10(27-17(19)20)5-6-11(8)21-18(28)22-14-12(15(23)25-3)9(2)13(29-14)16(24)26-4/h5-7,17H,1-4H3,(H2,21,22,28). The smallest absolute Gasteiger partial charge is 0.387 e. The number of thiophene rings is 1. The van der Waals surface area contributed by atoms with Crippen molar-refractivity contribution in [3.05, 3.63) is 39.8 Å². The molecule has 0 aliphatic carbocycles. The van der Waals surface area contributed by atoms with Gasteiger partial charge in [-0.25, -0.2) is 9.59 Å². The zero-order valence-corrected chi connectivity index (χ0v) is 17.6. The second-order valence-electron chi connectivity index (χ2n) is 5.68. The molecule has 29 heavy (non-hydrogen) atoms. The van der Waals surface area contributed by atoms with E-state index in [1.165, 1.54) is 32.4 Å². The van der Waals surface area contributed by atoms with Gasteiger partial charge in [0.2, 0.25) is 0 Å². The lowest BCUT2D eigenvalue weighted by Crippen LogP contribution is -2.20. The van der Waals surface area contributed by atoms with E-state index in [9.17, 15) is 18.4 Å². The number of carbonyl (C=O) groups is 2. The molecular weight excluding hydrogens is 426 g/mol. The van der Waals surface area contributed by atoms with Crippen molar-refractivity contribution in [2.75, 3.05) is 24.9 Å². The average Bonchev–Trinajstić information content (AvgIpc) is 2.98. The van der Waals surface area contributed by atoms with Gasteiger partial charge >= 0.3 is 18.6 Å². The molecule has 0 fully saturated rings. The molecule has 0 aliphatic heterocycles. The Morgan fingerprint density at radius 2 is 1.76 bits per heavy atom. The van der Waals surface area contributed by atoms with E-state index in [0.29, 0.717) is 21.8 Å². The Kier molecular flexibility index (Phi) is 7.46. The van der Waals surface area contributed by atoms with Crippen molar-refractivity contribution >= 4 is 51.3 Å². The third kappa shape index (κ3) is 5.39. The Balaban J connectivity index is 2.24. The van der Waals surface area contributed by atoms with E-state index in [4.69, 9.17) is 21.7 Å². The van der Waals surface area contributed by atoms with Crippen LogP contribution < -0.4 is 15.4 Å². The molecular formula is C18H18F2N2O5S2. The number of hydrogen-bond acceptors (Lipinski definition) is 7. The molecule has 0 amide bonds. The molecule has 1 heterocycles. The third-order valence-corrected chi connectivity index (χ3v) is 5.20. The van der Waals surface area contributed by atoms with Gasteiger partial charge in [0.25, 0.3) is 0 Å². The molecule has 1 aromatic heterocycles. The minimum Gasteiger partial charge on any atom is -0.465 e. The topological polar surface area (TPSA) is 85.9 Å². The molecule has 0 saturated carbocycles. The Hall–Kier alpha value is -2.79. The van der Waals surface area contributed by atoms with Crippen molar-refractivity contribution in [2.45, 2.75) is 20.5 Å². The first-order chi connectivity index (χ1) is 13.7. The van der Waals surface area contributed by atoms with Crippen LogP contribution in [0.3, 0.4) is 0 Å². The van der Waals surface area contributed by atoms with Crippen molar-refractivity contribution in [1.29, 1.82) is 0 Å². The SMILES string of the molecule is COC(=O)c1sc(NC(=S)Nc2ccc(OC(F)F)cc2C)c(C(=O)OC)c1C. The summed E-state index contributed by atoms with van der Waals surface area (Å²) in [4.78, 5) is 24.3. The van der Waals surface area contributed by atoms with Crippen molar-refractivity contribution in [2.24, 2.45) is 0 Å². The number of hydrogen-bond donors (Lipinski definition) is 2. The van der Waals surface area contributed by atoms with Crippen LogP contribution >= 0.6 is 23.6 Å². The number of ether oxygens (including phenoxy) is 3. The van der Waals surface area contributed by atoms with Crippen LogP contribution in [-0.2, 0) is 9.47 Å². The zero-order valence-electron chi connectivity index (χ0n) is 15.9. The number of alkyl halides is 2. The van der Waals surface area contributed by atoms with Gasteiger partial charge in [0.1, 0.15) is 15.6 Å². The molecule has 2 N–H and O–H groups in total. The second-order valence-corrected chi connectivity index (χ2v) is 7.11. The first kappa shape index (κ1) is 22.5. The van der Waals surface area contributed by atoms with Crippen molar-refractivity contribution in [3.63, 3.8) is 0 Å². The van der Waals surface area contributed by atoms with Crippen LogP contribution in [0, 0.1) is 13.8 Å². The molecule has 156 valence electrons. The van der Waals surface area contributed by atoms with Gasteiger partial charge in [0.05, 0.1) is 19.8 Å². The molecule has 2 rings (SSSR count). The van der Waals surface area contributed by atoms with Crippen LogP contribution in [0.25, 0.3) is 0 Å². The molecule has 0 atom stereocenters. The maximum atomic E-state index is 12.3. The third-order valence-electron chi connectivity index (χ3n) is 3.81. The molecule has 0 spiro atoms. The number of rotatable bonds is 6. The second kappa shape index (κ2) is 9.61. The summed E-state index contributed by atoms with van der Waals surface area (Å²) in [6.07, 6.45) is 0. The lowest BCUT2D eigenvalue weighted by molar-refractivity contribution is -0.0498. The summed E-state index contributed by atoms with van der Waals surface area (Å²) >= 11 is 6.27. The predicted octanol–water partition coefficient (Wildman–Crippen LogP) is 4.35. The maximum absolute atomic E-state index is 12.3. The van der Waals surface area contributed by atoms with E-state index < -0.39 is 18.6 Å². The fourth-order valence-electron chi connectivity index (χ4n) is 2.45. The van der Waals surface area contributed by atoms with Gasteiger partial charge in [0, 0.05) is 5.69 Å². The molecule has 0 radical (unpaired) electrons. The lowest BCUT2D eigenvalue weighted by Gasteiger charge is -2.14.